The van der Waals surface area contributed by atoms with E-state index in [-0.39, 0.29) is 24.4 Å². The Kier molecular flexibility index (Phi) is 5.08. The van der Waals surface area contributed by atoms with Gasteiger partial charge in [-0.3, -0.25) is 4.79 Å². The standard InChI is InChI=1S/C17H20FN3O3/c1-12(21-9-3-2-4-17(21)22)10-16-19-15(20-24-16)11-23-14-7-5-13(18)6-8-14/h5-8,12H,2-4,9-11H2,1H3/t12-/m0/s1. The summed E-state index contributed by atoms with van der Waals surface area (Å²) in [6.07, 6.45) is 3.14. The molecule has 3 rings (SSSR count). The number of piperidine rings is 1. The average Bonchev–Trinajstić information content (AvgIpc) is 3.02. The fraction of sp³-hybridized carbons (Fsp3) is 0.471. The van der Waals surface area contributed by atoms with E-state index in [4.69, 9.17) is 9.26 Å². The third kappa shape index (κ3) is 4.10. The van der Waals surface area contributed by atoms with Gasteiger partial charge in [-0.2, -0.15) is 4.98 Å². The minimum absolute atomic E-state index is 0.0316. The molecule has 1 aliphatic rings. The van der Waals surface area contributed by atoms with Crippen LogP contribution in [0.3, 0.4) is 0 Å². The molecule has 2 aromatic rings. The van der Waals surface area contributed by atoms with Crippen molar-refractivity contribution in [1.29, 1.82) is 0 Å². The molecule has 1 saturated heterocycles. The van der Waals surface area contributed by atoms with Crippen molar-refractivity contribution >= 4 is 5.91 Å². The molecule has 24 heavy (non-hydrogen) atoms. The maximum absolute atomic E-state index is 12.8. The largest absolute Gasteiger partial charge is 0.485 e. The molecule has 7 heteroatoms. The minimum atomic E-state index is -0.314. The van der Waals surface area contributed by atoms with Gasteiger partial charge >= 0.3 is 0 Å². The Morgan fingerprint density at radius 2 is 2.12 bits per heavy atom. The number of aromatic nitrogens is 2. The van der Waals surface area contributed by atoms with Gasteiger partial charge in [0.25, 0.3) is 0 Å². The molecule has 1 aromatic carbocycles. The molecule has 1 fully saturated rings. The topological polar surface area (TPSA) is 68.5 Å². The fourth-order valence-corrected chi connectivity index (χ4v) is 2.77. The van der Waals surface area contributed by atoms with Gasteiger partial charge in [-0.05, 0) is 44.0 Å². The van der Waals surface area contributed by atoms with Crippen molar-refractivity contribution in [1.82, 2.24) is 15.0 Å². The molecule has 0 unspecified atom stereocenters. The number of hydrogen-bond acceptors (Lipinski definition) is 5. The SMILES string of the molecule is C[C@@H](Cc1nc(COc2ccc(F)cc2)no1)N1CCCCC1=O. The van der Waals surface area contributed by atoms with E-state index in [1.165, 1.54) is 12.1 Å². The second kappa shape index (κ2) is 7.42. The van der Waals surface area contributed by atoms with Crippen molar-refractivity contribution in [3.05, 3.63) is 41.8 Å². The van der Waals surface area contributed by atoms with E-state index >= 15 is 0 Å². The van der Waals surface area contributed by atoms with Gasteiger partial charge < -0.3 is 14.2 Å². The first kappa shape index (κ1) is 16.4. The second-order valence-corrected chi connectivity index (χ2v) is 5.94. The third-order valence-electron chi connectivity index (χ3n) is 4.05. The molecule has 0 aliphatic carbocycles. The molecule has 1 aromatic heterocycles. The smallest absolute Gasteiger partial charge is 0.228 e. The van der Waals surface area contributed by atoms with Crippen molar-refractivity contribution in [2.45, 2.75) is 45.3 Å². The highest BCUT2D eigenvalue weighted by Crippen LogP contribution is 2.17. The third-order valence-corrected chi connectivity index (χ3v) is 4.05. The summed E-state index contributed by atoms with van der Waals surface area (Å²) in [4.78, 5) is 18.1. The molecule has 128 valence electrons. The molecular formula is C17H20FN3O3. The number of benzene rings is 1. The van der Waals surface area contributed by atoms with Crippen molar-refractivity contribution in [2.75, 3.05) is 6.54 Å². The van der Waals surface area contributed by atoms with Gasteiger partial charge in [0.2, 0.25) is 17.6 Å². The summed E-state index contributed by atoms with van der Waals surface area (Å²) in [7, 11) is 0. The van der Waals surface area contributed by atoms with Crippen molar-refractivity contribution in [2.24, 2.45) is 0 Å². The maximum Gasteiger partial charge on any atom is 0.228 e. The Balaban J connectivity index is 1.53. The molecule has 0 radical (unpaired) electrons. The van der Waals surface area contributed by atoms with E-state index in [1.54, 1.807) is 12.1 Å². The predicted molar refractivity (Wildman–Crippen MR) is 83.8 cm³/mol. The number of carbonyl (C=O) groups excluding carboxylic acids is 1. The van der Waals surface area contributed by atoms with Gasteiger partial charge in [0.1, 0.15) is 11.6 Å². The highest BCUT2D eigenvalue weighted by Gasteiger charge is 2.24. The number of halogens is 1. The molecule has 0 spiro atoms. The fourth-order valence-electron chi connectivity index (χ4n) is 2.77. The van der Waals surface area contributed by atoms with Crippen LogP contribution in [-0.2, 0) is 17.8 Å². The van der Waals surface area contributed by atoms with Gasteiger partial charge in [0.05, 0.1) is 0 Å². The minimum Gasteiger partial charge on any atom is -0.485 e. The predicted octanol–water partition coefficient (Wildman–Crippen LogP) is 2.73. The van der Waals surface area contributed by atoms with E-state index < -0.39 is 0 Å². The average molecular weight is 333 g/mol. The molecule has 0 N–H and O–H groups in total. The number of nitrogens with zero attached hydrogens (tertiary/aromatic N) is 3. The zero-order valence-electron chi connectivity index (χ0n) is 13.6. The molecular weight excluding hydrogens is 313 g/mol. The van der Waals surface area contributed by atoms with Crippen molar-refractivity contribution in [3.8, 4) is 5.75 Å². The van der Waals surface area contributed by atoms with Crippen LogP contribution < -0.4 is 4.74 Å². The Morgan fingerprint density at radius 1 is 1.33 bits per heavy atom. The number of amides is 1. The summed E-state index contributed by atoms with van der Waals surface area (Å²) in [6.45, 7) is 2.92. The number of ether oxygens (including phenoxy) is 1. The van der Waals surface area contributed by atoms with Gasteiger partial charge in [0, 0.05) is 25.4 Å². The number of likely N-dealkylation sites (tertiary alicyclic amines) is 1. The normalized spacial score (nSPS) is 16.2. The van der Waals surface area contributed by atoms with Gasteiger partial charge in [-0.25, -0.2) is 4.39 Å². The van der Waals surface area contributed by atoms with Crippen LogP contribution in [0.25, 0.3) is 0 Å². The Bertz CT molecular complexity index is 687. The highest BCUT2D eigenvalue weighted by atomic mass is 19.1. The first-order chi connectivity index (χ1) is 11.6. The van der Waals surface area contributed by atoms with Crippen LogP contribution in [0.4, 0.5) is 4.39 Å². The van der Waals surface area contributed by atoms with Crippen LogP contribution >= 0.6 is 0 Å². The van der Waals surface area contributed by atoms with Crippen LogP contribution in [0.5, 0.6) is 5.75 Å². The van der Waals surface area contributed by atoms with Crippen LogP contribution in [-0.4, -0.2) is 33.5 Å². The lowest BCUT2D eigenvalue weighted by atomic mass is 10.1. The summed E-state index contributed by atoms with van der Waals surface area (Å²) in [5.41, 5.74) is 0. The van der Waals surface area contributed by atoms with Gasteiger partial charge in [-0.1, -0.05) is 5.16 Å². The zero-order chi connectivity index (χ0) is 16.9. The lowest BCUT2D eigenvalue weighted by molar-refractivity contribution is -0.135. The van der Waals surface area contributed by atoms with E-state index in [9.17, 15) is 9.18 Å². The summed E-state index contributed by atoms with van der Waals surface area (Å²) in [5, 5.41) is 3.88. The molecule has 0 bridgehead atoms. The molecule has 1 atom stereocenters. The first-order valence-electron chi connectivity index (χ1n) is 8.11. The number of carbonyl (C=O) groups is 1. The Labute approximate surface area is 139 Å². The molecule has 0 saturated carbocycles. The van der Waals surface area contributed by atoms with Crippen molar-refractivity contribution in [3.63, 3.8) is 0 Å². The van der Waals surface area contributed by atoms with E-state index in [2.05, 4.69) is 10.1 Å². The molecule has 1 amide bonds. The Hall–Kier alpha value is -2.44. The molecule has 2 heterocycles. The van der Waals surface area contributed by atoms with Gasteiger partial charge in [-0.15, -0.1) is 0 Å². The quantitative estimate of drug-likeness (QED) is 0.813. The summed E-state index contributed by atoms with van der Waals surface area (Å²) < 4.78 is 23.5. The van der Waals surface area contributed by atoms with Crippen LogP contribution in [0.2, 0.25) is 0 Å². The molecule has 1 aliphatic heterocycles. The number of rotatable bonds is 6. The van der Waals surface area contributed by atoms with E-state index in [0.29, 0.717) is 30.3 Å². The Morgan fingerprint density at radius 3 is 2.88 bits per heavy atom. The summed E-state index contributed by atoms with van der Waals surface area (Å²) in [5.74, 6) is 1.32. The van der Waals surface area contributed by atoms with Crippen LogP contribution in [0.1, 0.15) is 37.9 Å². The monoisotopic (exact) mass is 333 g/mol. The lowest BCUT2D eigenvalue weighted by Gasteiger charge is -2.31. The van der Waals surface area contributed by atoms with Gasteiger partial charge in [0.15, 0.2) is 6.61 Å². The van der Waals surface area contributed by atoms with Crippen molar-refractivity contribution < 1.29 is 18.4 Å². The van der Waals surface area contributed by atoms with E-state index in [1.807, 2.05) is 11.8 Å². The number of hydrogen-bond donors (Lipinski definition) is 0. The molecule has 6 nitrogen and oxygen atoms in total. The van der Waals surface area contributed by atoms with Crippen LogP contribution in [0.15, 0.2) is 28.8 Å². The maximum atomic E-state index is 12.8. The second-order valence-electron chi connectivity index (χ2n) is 5.94. The highest BCUT2D eigenvalue weighted by molar-refractivity contribution is 5.77. The van der Waals surface area contributed by atoms with Crippen LogP contribution in [0, 0.1) is 5.82 Å². The summed E-state index contributed by atoms with van der Waals surface area (Å²) in [6, 6.07) is 5.77. The summed E-state index contributed by atoms with van der Waals surface area (Å²) >= 11 is 0. The first-order valence-corrected chi connectivity index (χ1v) is 8.11. The lowest BCUT2D eigenvalue weighted by Crippen LogP contribution is -2.42. The van der Waals surface area contributed by atoms with E-state index in [0.717, 1.165) is 19.4 Å². The zero-order valence-corrected chi connectivity index (χ0v) is 13.6.